The van der Waals surface area contributed by atoms with Crippen LogP contribution in [0.15, 0.2) is 24.3 Å². The lowest BCUT2D eigenvalue weighted by Crippen LogP contribution is -2.40. The number of carbonyl (C=O) groups excluding carboxylic acids is 1. The number of hydrogen-bond acceptors (Lipinski definition) is 4. The monoisotopic (exact) mass is 350 g/mol. The van der Waals surface area contributed by atoms with Crippen molar-refractivity contribution in [2.45, 2.75) is 31.7 Å². The van der Waals surface area contributed by atoms with Crippen molar-refractivity contribution in [1.29, 1.82) is 0 Å². The molecule has 130 valence electrons. The first-order valence-corrected chi connectivity index (χ1v) is 10.0. The Bertz CT molecular complexity index is 798. The number of piperidine rings is 1. The lowest BCUT2D eigenvalue weighted by Gasteiger charge is -2.34. The van der Waals surface area contributed by atoms with Gasteiger partial charge < -0.3 is 9.88 Å². The van der Waals surface area contributed by atoms with Crippen LogP contribution in [0.5, 0.6) is 0 Å². The molecule has 1 saturated heterocycles. The number of fused-ring (bicyclic) bond motifs is 1. The molecule has 2 heterocycles. The molecule has 1 aromatic carbocycles. The zero-order valence-electron chi connectivity index (χ0n) is 13.7. The number of hydrogen-bond donors (Lipinski definition) is 2. The van der Waals surface area contributed by atoms with Crippen molar-refractivity contribution in [1.82, 2.24) is 19.6 Å². The predicted octanol–water partition coefficient (Wildman–Crippen LogP) is 1.56. The number of nitrogens with zero attached hydrogens (tertiary/aromatic N) is 2. The van der Waals surface area contributed by atoms with Crippen LogP contribution in [0.25, 0.3) is 11.0 Å². The summed E-state index contributed by atoms with van der Waals surface area (Å²) >= 11 is 0. The van der Waals surface area contributed by atoms with E-state index in [9.17, 15) is 13.2 Å². The van der Waals surface area contributed by atoms with E-state index in [1.54, 1.807) is 0 Å². The molecule has 0 unspecified atom stereocenters. The van der Waals surface area contributed by atoms with Gasteiger partial charge in [0.05, 0.1) is 23.3 Å². The zero-order chi connectivity index (χ0) is 17.2. The Morgan fingerprint density at radius 1 is 1.38 bits per heavy atom. The van der Waals surface area contributed by atoms with Crippen LogP contribution >= 0.6 is 0 Å². The number of benzene rings is 1. The minimum Gasteiger partial charge on any atom is -0.340 e. The number of aromatic amines is 1. The minimum absolute atomic E-state index is 0.0451. The van der Waals surface area contributed by atoms with Gasteiger partial charge >= 0.3 is 0 Å². The van der Waals surface area contributed by atoms with Gasteiger partial charge in [0, 0.05) is 19.5 Å². The second-order valence-electron chi connectivity index (χ2n) is 6.15. The lowest BCUT2D eigenvalue weighted by molar-refractivity contribution is -0.135. The van der Waals surface area contributed by atoms with Crippen LogP contribution in [-0.4, -0.2) is 48.5 Å². The summed E-state index contributed by atoms with van der Waals surface area (Å²) in [5.74, 6) is 0.761. The maximum Gasteiger partial charge on any atom is 0.224 e. The van der Waals surface area contributed by atoms with E-state index in [0.29, 0.717) is 6.54 Å². The Balaban J connectivity index is 1.74. The van der Waals surface area contributed by atoms with E-state index in [1.807, 2.05) is 29.2 Å². The van der Waals surface area contributed by atoms with E-state index >= 15 is 0 Å². The van der Waals surface area contributed by atoms with Crippen molar-refractivity contribution in [2.24, 2.45) is 0 Å². The third kappa shape index (κ3) is 3.93. The predicted molar refractivity (Wildman–Crippen MR) is 91.9 cm³/mol. The zero-order valence-corrected chi connectivity index (χ0v) is 14.5. The normalized spacial score (nSPS) is 18.9. The lowest BCUT2D eigenvalue weighted by atomic mass is 10.0. The summed E-state index contributed by atoms with van der Waals surface area (Å²) in [5.41, 5.74) is 1.86. The molecule has 24 heavy (non-hydrogen) atoms. The van der Waals surface area contributed by atoms with E-state index in [4.69, 9.17) is 0 Å². The first kappa shape index (κ1) is 16.9. The Kier molecular flexibility index (Phi) is 4.86. The molecular formula is C16H22N4O3S. The van der Waals surface area contributed by atoms with Crippen LogP contribution < -0.4 is 4.72 Å². The highest BCUT2D eigenvalue weighted by Gasteiger charge is 2.29. The van der Waals surface area contributed by atoms with Crippen molar-refractivity contribution in [3.63, 3.8) is 0 Å². The summed E-state index contributed by atoms with van der Waals surface area (Å²) in [5, 5.41) is 0. The van der Waals surface area contributed by atoms with Crippen molar-refractivity contribution in [2.75, 3.05) is 19.3 Å². The Hall–Kier alpha value is -1.93. The molecule has 1 amide bonds. The smallest absolute Gasteiger partial charge is 0.224 e. The van der Waals surface area contributed by atoms with Crippen molar-refractivity contribution >= 4 is 27.0 Å². The molecule has 2 N–H and O–H groups in total. The Morgan fingerprint density at radius 2 is 2.17 bits per heavy atom. The first-order chi connectivity index (χ1) is 11.4. The maximum absolute atomic E-state index is 12.5. The summed E-state index contributed by atoms with van der Waals surface area (Å²) in [6, 6.07) is 7.73. The number of sulfonamides is 1. The van der Waals surface area contributed by atoms with Gasteiger partial charge in [0.2, 0.25) is 15.9 Å². The standard InChI is InChI=1S/C16H22N4O3S/c1-24(22,23)17-10-9-15(21)20-11-5-4-8-14(20)16-18-12-6-2-3-7-13(12)19-16/h2-3,6-7,14,17H,4-5,8-11H2,1H3,(H,18,19)/t14-/m1/s1. The maximum atomic E-state index is 12.5. The number of likely N-dealkylation sites (tertiary alicyclic amines) is 1. The summed E-state index contributed by atoms with van der Waals surface area (Å²) < 4.78 is 24.6. The van der Waals surface area contributed by atoms with Crippen LogP contribution in [0.3, 0.4) is 0 Å². The summed E-state index contributed by atoms with van der Waals surface area (Å²) in [7, 11) is -3.27. The Labute approximate surface area is 141 Å². The molecule has 0 saturated carbocycles. The number of nitrogens with one attached hydrogen (secondary N) is 2. The van der Waals surface area contributed by atoms with Crippen molar-refractivity contribution in [3.8, 4) is 0 Å². The molecule has 3 rings (SSSR count). The molecule has 1 atom stereocenters. The van der Waals surface area contributed by atoms with Gasteiger partial charge in [-0.25, -0.2) is 18.1 Å². The molecule has 0 radical (unpaired) electrons. The van der Waals surface area contributed by atoms with Crippen molar-refractivity contribution in [3.05, 3.63) is 30.1 Å². The summed E-state index contributed by atoms with van der Waals surface area (Å²) in [6.07, 6.45) is 4.12. The fraction of sp³-hybridized carbons (Fsp3) is 0.500. The Morgan fingerprint density at radius 3 is 2.92 bits per heavy atom. The quantitative estimate of drug-likeness (QED) is 0.855. The SMILES string of the molecule is CS(=O)(=O)NCCC(=O)N1CCCC[C@@H]1c1nc2ccccc2[nH]1. The molecule has 1 aromatic heterocycles. The van der Waals surface area contributed by atoms with Crippen LogP contribution in [-0.2, 0) is 14.8 Å². The van der Waals surface area contributed by atoms with Gasteiger partial charge in [-0.3, -0.25) is 4.79 Å². The fourth-order valence-electron chi connectivity index (χ4n) is 3.13. The third-order valence-electron chi connectivity index (χ3n) is 4.25. The van der Waals surface area contributed by atoms with Gasteiger partial charge in [-0.2, -0.15) is 0 Å². The number of amides is 1. The largest absolute Gasteiger partial charge is 0.340 e. The minimum atomic E-state index is -3.27. The molecule has 7 nitrogen and oxygen atoms in total. The average Bonchev–Trinajstić information content (AvgIpc) is 2.97. The molecular weight excluding hydrogens is 328 g/mol. The first-order valence-electron chi connectivity index (χ1n) is 8.13. The number of imidazole rings is 1. The van der Waals surface area contributed by atoms with Gasteiger partial charge in [0.15, 0.2) is 0 Å². The van der Waals surface area contributed by atoms with Gasteiger partial charge in [0.1, 0.15) is 5.82 Å². The van der Waals surface area contributed by atoms with Crippen LogP contribution in [0.1, 0.15) is 37.5 Å². The highest BCUT2D eigenvalue weighted by molar-refractivity contribution is 7.88. The molecule has 1 aliphatic heterocycles. The molecule has 0 spiro atoms. The van der Waals surface area contributed by atoms with E-state index in [2.05, 4.69) is 14.7 Å². The second kappa shape index (κ2) is 6.90. The topological polar surface area (TPSA) is 95.2 Å². The summed E-state index contributed by atoms with van der Waals surface area (Å²) in [6.45, 7) is 0.806. The number of rotatable bonds is 5. The number of para-hydroxylation sites is 2. The highest BCUT2D eigenvalue weighted by Crippen LogP contribution is 2.30. The van der Waals surface area contributed by atoms with Crippen LogP contribution in [0, 0.1) is 0 Å². The van der Waals surface area contributed by atoms with Gasteiger partial charge in [-0.15, -0.1) is 0 Å². The highest BCUT2D eigenvalue weighted by atomic mass is 32.2. The van der Waals surface area contributed by atoms with E-state index < -0.39 is 10.0 Å². The van der Waals surface area contributed by atoms with E-state index in [-0.39, 0.29) is 24.9 Å². The van der Waals surface area contributed by atoms with Crippen LogP contribution in [0.4, 0.5) is 0 Å². The third-order valence-corrected chi connectivity index (χ3v) is 4.98. The fourth-order valence-corrected chi connectivity index (χ4v) is 3.60. The average molecular weight is 350 g/mol. The second-order valence-corrected chi connectivity index (χ2v) is 7.99. The van der Waals surface area contributed by atoms with E-state index in [0.717, 1.165) is 42.4 Å². The molecule has 8 heteroatoms. The van der Waals surface area contributed by atoms with Gasteiger partial charge in [0.25, 0.3) is 0 Å². The molecule has 1 aliphatic rings. The molecule has 2 aromatic rings. The van der Waals surface area contributed by atoms with Gasteiger partial charge in [-0.05, 0) is 31.4 Å². The van der Waals surface area contributed by atoms with Crippen LogP contribution in [0.2, 0.25) is 0 Å². The molecule has 0 bridgehead atoms. The number of aromatic nitrogens is 2. The molecule has 0 aliphatic carbocycles. The molecule has 1 fully saturated rings. The number of carbonyl (C=O) groups is 1. The van der Waals surface area contributed by atoms with Gasteiger partial charge in [-0.1, -0.05) is 12.1 Å². The van der Waals surface area contributed by atoms with Crippen molar-refractivity contribution < 1.29 is 13.2 Å². The number of H-pyrrole nitrogens is 1. The summed E-state index contributed by atoms with van der Waals surface area (Å²) in [4.78, 5) is 22.3. The van der Waals surface area contributed by atoms with E-state index in [1.165, 1.54) is 0 Å².